The molecule has 0 radical (unpaired) electrons. The Bertz CT molecular complexity index is 1280. The van der Waals surface area contributed by atoms with Gasteiger partial charge in [0.25, 0.3) is 15.9 Å². The van der Waals surface area contributed by atoms with Gasteiger partial charge in [0.05, 0.1) is 10.6 Å². The third-order valence-corrected chi connectivity index (χ3v) is 6.49. The summed E-state index contributed by atoms with van der Waals surface area (Å²) in [6, 6.07) is 18.0. The first-order valence-corrected chi connectivity index (χ1v) is 11.2. The minimum absolute atomic E-state index is 0.0628. The largest absolute Gasteiger partial charge is 0.482 e. The maximum absolute atomic E-state index is 13.3. The molecule has 1 aliphatic rings. The molecule has 1 amide bonds. The van der Waals surface area contributed by atoms with Crippen molar-refractivity contribution in [3.05, 3.63) is 82.9 Å². The van der Waals surface area contributed by atoms with Crippen LogP contribution in [0.25, 0.3) is 12.2 Å². The number of anilines is 2. The van der Waals surface area contributed by atoms with E-state index in [1.165, 1.54) is 6.07 Å². The summed E-state index contributed by atoms with van der Waals surface area (Å²) >= 11 is 0. The number of benzene rings is 3. The van der Waals surface area contributed by atoms with E-state index in [9.17, 15) is 13.2 Å². The molecule has 158 valence electrons. The number of hydrogen-bond acceptors (Lipinski definition) is 4. The number of aryl methyl sites for hydroxylation is 2. The monoisotopic (exact) mass is 434 g/mol. The highest BCUT2D eigenvalue weighted by atomic mass is 32.2. The maximum Gasteiger partial charge on any atom is 0.262 e. The highest BCUT2D eigenvalue weighted by Gasteiger charge is 2.24. The number of ether oxygens (including phenoxy) is 1. The maximum atomic E-state index is 13.3. The Morgan fingerprint density at radius 1 is 0.968 bits per heavy atom. The molecule has 0 bridgehead atoms. The van der Waals surface area contributed by atoms with Gasteiger partial charge in [-0.25, -0.2) is 8.42 Å². The third-order valence-electron chi connectivity index (χ3n) is 5.05. The summed E-state index contributed by atoms with van der Waals surface area (Å²) in [5.74, 6) is 0.0336. The second-order valence-corrected chi connectivity index (χ2v) is 9.02. The summed E-state index contributed by atoms with van der Waals surface area (Å²) in [7, 11) is -3.92. The first-order valence-electron chi connectivity index (χ1n) is 9.76. The van der Waals surface area contributed by atoms with E-state index in [1.54, 1.807) is 24.3 Å². The van der Waals surface area contributed by atoms with Gasteiger partial charge in [-0.1, -0.05) is 48.6 Å². The Morgan fingerprint density at radius 2 is 1.74 bits per heavy atom. The fourth-order valence-corrected chi connectivity index (χ4v) is 4.50. The van der Waals surface area contributed by atoms with Crippen molar-refractivity contribution >= 4 is 39.5 Å². The number of rotatable bonds is 5. The molecule has 0 unspecified atom stereocenters. The Kier molecular flexibility index (Phi) is 5.52. The van der Waals surface area contributed by atoms with E-state index in [4.69, 9.17) is 4.74 Å². The molecule has 0 atom stereocenters. The zero-order chi connectivity index (χ0) is 22.0. The second kappa shape index (κ2) is 8.28. The number of fused-ring (bicyclic) bond motifs is 1. The Morgan fingerprint density at radius 3 is 2.48 bits per heavy atom. The quantitative estimate of drug-likeness (QED) is 0.575. The molecule has 1 heterocycles. The number of nitrogens with one attached hydrogen (secondary N) is 2. The molecule has 0 saturated carbocycles. The van der Waals surface area contributed by atoms with Crippen molar-refractivity contribution in [2.24, 2.45) is 0 Å². The number of carbonyl (C=O) groups is 1. The zero-order valence-electron chi connectivity index (χ0n) is 17.2. The molecule has 3 aromatic carbocycles. The predicted octanol–water partition coefficient (Wildman–Crippen LogP) is 4.61. The standard InChI is InChI=1S/C24H22N2O4S/c1-16-8-11-20(12-17(16)2)26-31(28,29)23-14-22-21(25-24(27)15-30-22)13-19(23)10-9-18-6-4-3-5-7-18/h3-14,26H,15H2,1-2H3,(H,25,27)/b10-9+. The summed E-state index contributed by atoms with van der Waals surface area (Å²) in [6.45, 7) is 3.74. The lowest BCUT2D eigenvalue weighted by atomic mass is 10.1. The van der Waals surface area contributed by atoms with Crippen molar-refractivity contribution < 1.29 is 17.9 Å². The van der Waals surface area contributed by atoms with Crippen molar-refractivity contribution in [1.82, 2.24) is 0 Å². The molecule has 1 aliphatic heterocycles. The SMILES string of the molecule is Cc1ccc(NS(=O)(=O)c2cc3c(cc2/C=C/c2ccccc2)NC(=O)CO3)cc1C. The average Bonchev–Trinajstić information content (AvgIpc) is 2.74. The molecular formula is C24H22N2O4S. The average molecular weight is 435 g/mol. The summed E-state index contributed by atoms with van der Waals surface area (Å²) in [5.41, 5.74) is 4.34. The van der Waals surface area contributed by atoms with Crippen molar-refractivity contribution in [2.75, 3.05) is 16.6 Å². The van der Waals surface area contributed by atoms with Gasteiger partial charge in [-0.3, -0.25) is 9.52 Å². The Hall–Kier alpha value is -3.58. The molecule has 6 nitrogen and oxygen atoms in total. The molecule has 0 spiro atoms. The van der Waals surface area contributed by atoms with E-state index in [0.717, 1.165) is 16.7 Å². The molecule has 0 aromatic heterocycles. The van der Waals surface area contributed by atoms with Crippen LogP contribution >= 0.6 is 0 Å². The molecule has 31 heavy (non-hydrogen) atoms. The molecule has 0 fully saturated rings. The van der Waals surface area contributed by atoms with E-state index < -0.39 is 10.0 Å². The Balaban J connectivity index is 1.77. The zero-order valence-corrected chi connectivity index (χ0v) is 18.0. The summed E-state index contributed by atoms with van der Waals surface area (Å²) in [5, 5.41) is 2.73. The van der Waals surface area contributed by atoms with Crippen molar-refractivity contribution in [2.45, 2.75) is 18.7 Å². The van der Waals surface area contributed by atoms with Crippen LogP contribution in [0.2, 0.25) is 0 Å². The molecule has 0 saturated heterocycles. The number of carbonyl (C=O) groups excluding carboxylic acids is 1. The first kappa shape index (κ1) is 20.7. The Labute approximate surface area is 181 Å². The summed E-state index contributed by atoms with van der Waals surface area (Å²) in [6.07, 6.45) is 3.54. The van der Waals surface area contributed by atoms with Gasteiger partial charge in [0.15, 0.2) is 6.61 Å². The predicted molar refractivity (Wildman–Crippen MR) is 123 cm³/mol. The van der Waals surface area contributed by atoms with Gasteiger partial charge in [0.2, 0.25) is 0 Å². The van der Waals surface area contributed by atoms with Crippen LogP contribution in [-0.2, 0) is 14.8 Å². The van der Waals surface area contributed by atoms with Gasteiger partial charge < -0.3 is 10.1 Å². The fraction of sp³-hybridized carbons (Fsp3) is 0.125. The van der Waals surface area contributed by atoms with Gasteiger partial charge in [-0.15, -0.1) is 0 Å². The highest BCUT2D eigenvalue weighted by Crippen LogP contribution is 2.35. The molecular weight excluding hydrogens is 412 g/mol. The topological polar surface area (TPSA) is 84.5 Å². The first-order chi connectivity index (χ1) is 14.8. The summed E-state index contributed by atoms with van der Waals surface area (Å²) in [4.78, 5) is 11.8. The molecule has 7 heteroatoms. The fourth-order valence-electron chi connectivity index (χ4n) is 3.25. The minimum Gasteiger partial charge on any atom is -0.482 e. The molecule has 0 aliphatic carbocycles. The van der Waals surface area contributed by atoms with E-state index in [2.05, 4.69) is 10.0 Å². The van der Waals surface area contributed by atoms with Crippen LogP contribution in [0.1, 0.15) is 22.3 Å². The second-order valence-electron chi connectivity index (χ2n) is 7.37. The van der Waals surface area contributed by atoms with E-state index >= 15 is 0 Å². The minimum atomic E-state index is -3.92. The lowest BCUT2D eigenvalue weighted by Crippen LogP contribution is -2.26. The summed E-state index contributed by atoms with van der Waals surface area (Å²) < 4.78 is 34.7. The number of hydrogen-bond donors (Lipinski definition) is 2. The van der Waals surface area contributed by atoms with E-state index in [1.807, 2.05) is 56.3 Å². The molecule has 3 aromatic rings. The third kappa shape index (κ3) is 4.62. The van der Waals surface area contributed by atoms with Crippen molar-refractivity contribution in [3.63, 3.8) is 0 Å². The van der Waals surface area contributed by atoms with Crippen LogP contribution in [0.15, 0.2) is 65.6 Å². The van der Waals surface area contributed by atoms with Crippen molar-refractivity contribution in [3.8, 4) is 5.75 Å². The normalized spacial score (nSPS) is 13.4. The van der Waals surface area contributed by atoms with Crippen LogP contribution in [0.4, 0.5) is 11.4 Å². The lowest BCUT2D eigenvalue weighted by molar-refractivity contribution is -0.118. The van der Waals surface area contributed by atoms with Gasteiger partial charge in [-0.2, -0.15) is 0 Å². The lowest BCUT2D eigenvalue weighted by Gasteiger charge is -2.20. The van der Waals surface area contributed by atoms with Crippen LogP contribution in [0.5, 0.6) is 5.75 Å². The number of sulfonamides is 1. The smallest absolute Gasteiger partial charge is 0.262 e. The van der Waals surface area contributed by atoms with E-state index in [-0.39, 0.29) is 17.4 Å². The van der Waals surface area contributed by atoms with Crippen LogP contribution in [-0.4, -0.2) is 20.9 Å². The van der Waals surface area contributed by atoms with Gasteiger partial charge in [-0.05, 0) is 54.3 Å². The van der Waals surface area contributed by atoms with Gasteiger partial charge in [0, 0.05) is 11.8 Å². The number of amides is 1. The van der Waals surface area contributed by atoms with Crippen molar-refractivity contribution in [1.29, 1.82) is 0 Å². The van der Waals surface area contributed by atoms with E-state index in [0.29, 0.717) is 22.7 Å². The van der Waals surface area contributed by atoms with Gasteiger partial charge >= 0.3 is 0 Å². The van der Waals surface area contributed by atoms with Crippen LogP contribution in [0, 0.1) is 13.8 Å². The molecule has 2 N–H and O–H groups in total. The van der Waals surface area contributed by atoms with Crippen LogP contribution < -0.4 is 14.8 Å². The van der Waals surface area contributed by atoms with Gasteiger partial charge in [0.1, 0.15) is 5.75 Å². The van der Waals surface area contributed by atoms with Crippen LogP contribution in [0.3, 0.4) is 0 Å². The highest BCUT2D eigenvalue weighted by molar-refractivity contribution is 7.92. The molecule has 4 rings (SSSR count).